The fraction of sp³-hybridized carbons (Fsp3) is 0.316. The Morgan fingerprint density at radius 1 is 1.11 bits per heavy atom. The molecule has 146 valence electrons. The second kappa shape index (κ2) is 9.10. The number of nitrogens with one attached hydrogen (secondary N) is 2. The van der Waals surface area contributed by atoms with E-state index >= 15 is 0 Å². The highest BCUT2D eigenvalue weighted by Crippen LogP contribution is 2.27. The maximum absolute atomic E-state index is 12.7. The number of ether oxygens (including phenoxy) is 1. The molecule has 0 unspecified atom stereocenters. The molecule has 27 heavy (non-hydrogen) atoms. The number of anilines is 2. The monoisotopic (exact) mass is 410 g/mol. The number of hydrogen-bond acceptors (Lipinski definition) is 4. The van der Waals surface area contributed by atoms with Crippen molar-refractivity contribution in [2.45, 2.75) is 31.6 Å². The summed E-state index contributed by atoms with van der Waals surface area (Å²) in [6.45, 7) is 4.07. The summed E-state index contributed by atoms with van der Waals surface area (Å²) < 4.78 is 32.9. The van der Waals surface area contributed by atoms with E-state index in [-0.39, 0.29) is 15.8 Å². The van der Waals surface area contributed by atoms with Gasteiger partial charge in [-0.3, -0.25) is 9.52 Å². The number of hydrogen-bond donors (Lipinski definition) is 2. The predicted molar refractivity (Wildman–Crippen MR) is 108 cm³/mol. The molecule has 2 aromatic carbocycles. The Kier molecular flexibility index (Phi) is 7.10. The number of halogens is 1. The van der Waals surface area contributed by atoms with Gasteiger partial charge in [-0.1, -0.05) is 25.4 Å². The molecule has 0 spiro atoms. The van der Waals surface area contributed by atoms with Crippen LogP contribution in [0, 0.1) is 5.92 Å². The van der Waals surface area contributed by atoms with Gasteiger partial charge in [-0.05, 0) is 54.8 Å². The van der Waals surface area contributed by atoms with E-state index in [1.54, 1.807) is 30.3 Å². The molecule has 6 nitrogen and oxygen atoms in total. The molecule has 1 amide bonds. The van der Waals surface area contributed by atoms with Crippen LogP contribution < -0.4 is 14.8 Å². The van der Waals surface area contributed by atoms with Crippen LogP contribution in [-0.4, -0.2) is 21.4 Å². The van der Waals surface area contributed by atoms with Gasteiger partial charge >= 0.3 is 0 Å². The summed E-state index contributed by atoms with van der Waals surface area (Å²) in [5.74, 6) is 0.852. The number of methoxy groups -OCH3 is 1. The van der Waals surface area contributed by atoms with Crippen molar-refractivity contribution in [2.24, 2.45) is 5.92 Å². The van der Waals surface area contributed by atoms with Gasteiger partial charge in [-0.2, -0.15) is 0 Å². The topological polar surface area (TPSA) is 84.5 Å². The van der Waals surface area contributed by atoms with Gasteiger partial charge in [0.05, 0.1) is 12.1 Å². The Bertz CT molecular complexity index is 896. The van der Waals surface area contributed by atoms with Crippen LogP contribution in [0.1, 0.15) is 26.7 Å². The third-order valence-electron chi connectivity index (χ3n) is 3.80. The van der Waals surface area contributed by atoms with Crippen molar-refractivity contribution in [3.63, 3.8) is 0 Å². The molecule has 0 aliphatic carbocycles. The molecule has 0 heterocycles. The Morgan fingerprint density at radius 2 is 1.74 bits per heavy atom. The van der Waals surface area contributed by atoms with Gasteiger partial charge < -0.3 is 10.1 Å². The zero-order valence-electron chi connectivity index (χ0n) is 15.5. The molecule has 0 atom stereocenters. The van der Waals surface area contributed by atoms with Gasteiger partial charge in [0.2, 0.25) is 5.91 Å². The maximum Gasteiger partial charge on any atom is 0.263 e. The second-order valence-electron chi connectivity index (χ2n) is 6.46. The first-order valence-corrected chi connectivity index (χ1v) is 10.3. The smallest absolute Gasteiger partial charge is 0.263 e. The van der Waals surface area contributed by atoms with Gasteiger partial charge in [0.15, 0.2) is 0 Å². The Morgan fingerprint density at radius 3 is 2.33 bits per heavy atom. The van der Waals surface area contributed by atoms with Gasteiger partial charge in [0.25, 0.3) is 10.0 Å². The zero-order valence-corrected chi connectivity index (χ0v) is 17.0. The molecular formula is C19H23ClN2O4S. The van der Waals surface area contributed by atoms with Crippen molar-refractivity contribution < 1.29 is 17.9 Å². The van der Waals surface area contributed by atoms with Gasteiger partial charge in [0.1, 0.15) is 10.6 Å². The number of benzene rings is 2. The lowest BCUT2D eigenvalue weighted by molar-refractivity contribution is -0.116. The van der Waals surface area contributed by atoms with Crippen LogP contribution in [0.5, 0.6) is 5.75 Å². The lowest BCUT2D eigenvalue weighted by atomic mass is 10.1. The van der Waals surface area contributed by atoms with E-state index < -0.39 is 10.0 Å². The summed E-state index contributed by atoms with van der Waals surface area (Å²) in [6, 6.07) is 10.8. The van der Waals surface area contributed by atoms with Crippen molar-refractivity contribution in [1.82, 2.24) is 0 Å². The molecule has 8 heteroatoms. The Balaban J connectivity index is 2.18. The number of rotatable bonds is 8. The molecule has 0 aliphatic heterocycles. The summed E-state index contributed by atoms with van der Waals surface area (Å²) in [6.07, 6.45) is 1.12. The summed E-state index contributed by atoms with van der Waals surface area (Å²) in [5.41, 5.74) is 0.751. The van der Waals surface area contributed by atoms with E-state index in [0.717, 1.165) is 6.42 Å². The van der Waals surface area contributed by atoms with E-state index in [9.17, 15) is 13.2 Å². The van der Waals surface area contributed by atoms with Crippen molar-refractivity contribution in [2.75, 3.05) is 17.1 Å². The summed E-state index contributed by atoms with van der Waals surface area (Å²) in [7, 11) is -2.39. The fourth-order valence-corrected chi connectivity index (χ4v) is 3.88. The number of carbonyl (C=O) groups is 1. The highest BCUT2D eigenvalue weighted by atomic mass is 35.5. The SMILES string of the molecule is COc1ccc(NS(=O)(=O)c2cc(NC(=O)CCC(C)C)ccc2Cl)cc1. The first-order valence-electron chi connectivity index (χ1n) is 8.47. The molecule has 2 N–H and O–H groups in total. The number of amides is 1. The first-order chi connectivity index (χ1) is 12.7. The number of sulfonamides is 1. The maximum atomic E-state index is 12.7. The van der Waals surface area contributed by atoms with Crippen molar-refractivity contribution in [3.05, 3.63) is 47.5 Å². The molecule has 0 saturated carbocycles. The predicted octanol–water partition coefficient (Wildman–Crippen LogP) is 4.52. The molecular weight excluding hydrogens is 388 g/mol. The minimum absolute atomic E-state index is 0.0659. The first kappa shape index (κ1) is 21.1. The third kappa shape index (κ3) is 6.15. The Hall–Kier alpha value is -2.25. The molecule has 0 saturated heterocycles. The Labute approximate surface area is 164 Å². The van der Waals surface area contributed by atoms with Crippen LogP contribution >= 0.6 is 11.6 Å². The van der Waals surface area contributed by atoms with Crippen LogP contribution in [-0.2, 0) is 14.8 Å². The molecule has 0 aliphatic rings. The standard InChI is InChI=1S/C19H23ClN2O4S/c1-13(2)4-11-19(23)21-15-7-10-17(20)18(12-15)27(24,25)22-14-5-8-16(26-3)9-6-14/h5-10,12-13,22H,4,11H2,1-3H3,(H,21,23). The second-order valence-corrected chi connectivity index (χ2v) is 8.52. The molecule has 0 fully saturated rings. The summed E-state index contributed by atoms with van der Waals surface area (Å²) in [5, 5.41) is 2.78. The van der Waals surface area contributed by atoms with Crippen molar-refractivity contribution in [3.8, 4) is 5.75 Å². The third-order valence-corrected chi connectivity index (χ3v) is 5.66. The van der Waals surface area contributed by atoms with E-state index in [1.807, 2.05) is 13.8 Å². The largest absolute Gasteiger partial charge is 0.497 e. The van der Waals surface area contributed by atoms with Gasteiger partial charge in [-0.15, -0.1) is 0 Å². The molecule has 2 rings (SSSR count). The van der Waals surface area contributed by atoms with Crippen LogP contribution in [0.25, 0.3) is 0 Å². The van der Waals surface area contributed by atoms with Crippen molar-refractivity contribution >= 4 is 38.9 Å². The van der Waals surface area contributed by atoms with Crippen LogP contribution in [0.2, 0.25) is 5.02 Å². The highest BCUT2D eigenvalue weighted by Gasteiger charge is 2.19. The fourth-order valence-electron chi connectivity index (χ4n) is 2.30. The zero-order chi connectivity index (χ0) is 20.0. The summed E-state index contributed by atoms with van der Waals surface area (Å²) >= 11 is 6.08. The average Bonchev–Trinajstić information content (AvgIpc) is 2.62. The average molecular weight is 411 g/mol. The van der Waals surface area contributed by atoms with E-state index in [1.165, 1.54) is 19.2 Å². The minimum atomic E-state index is -3.92. The van der Waals surface area contributed by atoms with E-state index in [4.69, 9.17) is 16.3 Å². The lowest BCUT2D eigenvalue weighted by Crippen LogP contribution is -2.15. The van der Waals surface area contributed by atoms with Gasteiger partial charge in [-0.25, -0.2) is 8.42 Å². The molecule has 2 aromatic rings. The van der Waals surface area contributed by atoms with Crippen LogP contribution in [0.15, 0.2) is 47.4 Å². The van der Waals surface area contributed by atoms with Crippen LogP contribution in [0.3, 0.4) is 0 Å². The van der Waals surface area contributed by atoms with Crippen molar-refractivity contribution in [1.29, 1.82) is 0 Å². The normalized spacial score (nSPS) is 11.3. The van der Waals surface area contributed by atoms with Gasteiger partial charge in [0, 0.05) is 17.8 Å². The quantitative estimate of drug-likeness (QED) is 0.669. The highest BCUT2D eigenvalue weighted by molar-refractivity contribution is 7.92. The minimum Gasteiger partial charge on any atom is -0.497 e. The van der Waals surface area contributed by atoms with Crippen LogP contribution in [0.4, 0.5) is 11.4 Å². The number of carbonyl (C=O) groups excluding carboxylic acids is 1. The molecule has 0 bridgehead atoms. The van der Waals surface area contributed by atoms with E-state index in [0.29, 0.717) is 29.5 Å². The molecule has 0 aromatic heterocycles. The lowest BCUT2D eigenvalue weighted by Gasteiger charge is -2.12. The molecule has 0 radical (unpaired) electrons. The van der Waals surface area contributed by atoms with E-state index in [2.05, 4.69) is 10.0 Å². The summed E-state index contributed by atoms with van der Waals surface area (Å²) in [4.78, 5) is 11.9.